The van der Waals surface area contributed by atoms with Crippen molar-refractivity contribution in [2.24, 2.45) is 0 Å². The first-order valence-corrected chi connectivity index (χ1v) is 7.72. The zero-order valence-electron chi connectivity index (χ0n) is 13.3. The largest absolute Gasteiger partial charge is 0.496 e. The summed E-state index contributed by atoms with van der Waals surface area (Å²) in [5, 5.41) is 3.41. The van der Waals surface area contributed by atoms with Crippen molar-refractivity contribution in [2.75, 3.05) is 39.8 Å². The van der Waals surface area contributed by atoms with Crippen LogP contribution in [0.1, 0.15) is 36.5 Å². The number of methoxy groups -OCH3 is 1. The van der Waals surface area contributed by atoms with Crippen LogP contribution in [0.3, 0.4) is 0 Å². The first kappa shape index (κ1) is 15.3. The van der Waals surface area contributed by atoms with Gasteiger partial charge in [0.15, 0.2) is 0 Å². The molecule has 0 aliphatic carbocycles. The van der Waals surface area contributed by atoms with Crippen LogP contribution in [0.5, 0.6) is 5.75 Å². The molecular weight excluding hydrogens is 248 g/mol. The van der Waals surface area contributed by atoms with E-state index in [0.717, 1.165) is 31.8 Å². The Morgan fingerprint density at radius 2 is 1.95 bits per heavy atom. The number of piperazine rings is 1. The molecule has 1 heterocycles. The van der Waals surface area contributed by atoms with Crippen molar-refractivity contribution in [1.29, 1.82) is 0 Å². The van der Waals surface area contributed by atoms with Crippen LogP contribution < -0.4 is 10.1 Å². The zero-order valence-corrected chi connectivity index (χ0v) is 13.3. The Kier molecular flexibility index (Phi) is 5.44. The third-order valence-corrected chi connectivity index (χ3v) is 4.22. The minimum absolute atomic E-state index is 0.503. The van der Waals surface area contributed by atoms with E-state index < -0.39 is 0 Å². The Labute approximate surface area is 123 Å². The lowest BCUT2D eigenvalue weighted by atomic mass is 9.95. The number of nitrogens with zero attached hydrogens (tertiary/aromatic N) is 1. The van der Waals surface area contributed by atoms with Crippen LogP contribution in [0.15, 0.2) is 12.1 Å². The summed E-state index contributed by atoms with van der Waals surface area (Å²) in [5.74, 6) is 1.53. The van der Waals surface area contributed by atoms with Crippen molar-refractivity contribution in [2.45, 2.75) is 33.1 Å². The second-order valence-corrected chi connectivity index (χ2v) is 6.02. The van der Waals surface area contributed by atoms with Crippen molar-refractivity contribution in [1.82, 2.24) is 10.2 Å². The Hall–Kier alpha value is -1.06. The predicted octanol–water partition coefficient (Wildman–Crippen LogP) is 2.57. The fourth-order valence-corrected chi connectivity index (χ4v) is 2.86. The van der Waals surface area contributed by atoms with Crippen molar-refractivity contribution < 1.29 is 4.74 Å². The minimum atomic E-state index is 0.503. The Balaban J connectivity index is 2.08. The van der Waals surface area contributed by atoms with Crippen LogP contribution in [-0.4, -0.2) is 44.7 Å². The Morgan fingerprint density at radius 1 is 1.25 bits per heavy atom. The lowest BCUT2D eigenvalue weighted by Gasteiger charge is -2.27. The lowest BCUT2D eigenvalue weighted by Crippen LogP contribution is -2.44. The standard InChI is InChI=1S/C17H28N2O/c1-13(2)16-12-15(14(3)11-17(16)20-4)5-8-19-9-6-18-7-10-19/h11-13,18H,5-10H2,1-4H3. The van der Waals surface area contributed by atoms with E-state index in [0.29, 0.717) is 5.92 Å². The second kappa shape index (κ2) is 7.09. The van der Waals surface area contributed by atoms with Crippen LogP contribution >= 0.6 is 0 Å². The number of aryl methyl sites for hydroxylation is 1. The maximum atomic E-state index is 5.52. The van der Waals surface area contributed by atoms with E-state index >= 15 is 0 Å². The van der Waals surface area contributed by atoms with Crippen LogP contribution in [-0.2, 0) is 6.42 Å². The summed E-state index contributed by atoms with van der Waals surface area (Å²) in [7, 11) is 1.76. The van der Waals surface area contributed by atoms with Gasteiger partial charge in [0.25, 0.3) is 0 Å². The highest BCUT2D eigenvalue weighted by Crippen LogP contribution is 2.29. The van der Waals surface area contributed by atoms with Gasteiger partial charge in [-0.2, -0.15) is 0 Å². The van der Waals surface area contributed by atoms with Crippen molar-refractivity contribution in [3.63, 3.8) is 0 Å². The zero-order chi connectivity index (χ0) is 14.5. The number of nitrogens with one attached hydrogen (secondary N) is 1. The summed E-state index contributed by atoms with van der Waals surface area (Å²) in [6.45, 7) is 12.4. The number of rotatable bonds is 5. The molecule has 0 saturated carbocycles. The molecule has 0 aromatic heterocycles. The van der Waals surface area contributed by atoms with Gasteiger partial charge < -0.3 is 15.0 Å². The van der Waals surface area contributed by atoms with Gasteiger partial charge in [-0.05, 0) is 42.0 Å². The molecule has 2 rings (SSSR count). The van der Waals surface area contributed by atoms with E-state index in [-0.39, 0.29) is 0 Å². The van der Waals surface area contributed by atoms with E-state index in [2.05, 4.69) is 43.1 Å². The highest BCUT2D eigenvalue weighted by molar-refractivity contribution is 5.44. The molecule has 1 aliphatic heterocycles. The molecule has 0 unspecified atom stereocenters. The molecule has 0 bridgehead atoms. The molecule has 0 spiro atoms. The maximum Gasteiger partial charge on any atom is 0.122 e. The van der Waals surface area contributed by atoms with E-state index in [9.17, 15) is 0 Å². The molecule has 1 fully saturated rings. The van der Waals surface area contributed by atoms with Crippen molar-refractivity contribution in [3.8, 4) is 5.75 Å². The molecule has 1 saturated heterocycles. The fraction of sp³-hybridized carbons (Fsp3) is 0.647. The van der Waals surface area contributed by atoms with E-state index in [4.69, 9.17) is 4.74 Å². The van der Waals surface area contributed by atoms with Gasteiger partial charge >= 0.3 is 0 Å². The van der Waals surface area contributed by atoms with Gasteiger partial charge in [0.2, 0.25) is 0 Å². The molecule has 112 valence electrons. The van der Waals surface area contributed by atoms with Gasteiger partial charge in [0.05, 0.1) is 7.11 Å². The molecule has 1 aromatic carbocycles. The summed E-state index contributed by atoms with van der Waals surface area (Å²) in [4.78, 5) is 2.55. The van der Waals surface area contributed by atoms with E-state index in [1.807, 2.05) is 0 Å². The molecule has 20 heavy (non-hydrogen) atoms. The average Bonchev–Trinajstić information content (AvgIpc) is 2.46. The van der Waals surface area contributed by atoms with Crippen LogP contribution in [0, 0.1) is 6.92 Å². The van der Waals surface area contributed by atoms with Crippen molar-refractivity contribution >= 4 is 0 Å². The second-order valence-electron chi connectivity index (χ2n) is 6.02. The smallest absolute Gasteiger partial charge is 0.122 e. The quantitative estimate of drug-likeness (QED) is 0.894. The molecule has 0 radical (unpaired) electrons. The Bertz CT molecular complexity index is 437. The topological polar surface area (TPSA) is 24.5 Å². The molecule has 1 N–H and O–H groups in total. The predicted molar refractivity (Wildman–Crippen MR) is 84.8 cm³/mol. The fourth-order valence-electron chi connectivity index (χ4n) is 2.86. The third-order valence-electron chi connectivity index (χ3n) is 4.22. The maximum absolute atomic E-state index is 5.52. The Morgan fingerprint density at radius 3 is 2.55 bits per heavy atom. The first-order chi connectivity index (χ1) is 9.61. The SMILES string of the molecule is COc1cc(C)c(CCN2CCNCC2)cc1C(C)C. The molecular formula is C17H28N2O. The molecule has 0 amide bonds. The van der Waals surface area contributed by atoms with Gasteiger partial charge in [-0.3, -0.25) is 0 Å². The third kappa shape index (κ3) is 3.74. The molecule has 3 heteroatoms. The lowest BCUT2D eigenvalue weighted by molar-refractivity contribution is 0.243. The summed E-state index contributed by atoms with van der Waals surface area (Å²) < 4.78 is 5.52. The van der Waals surface area contributed by atoms with Gasteiger partial charge in [0.1, 0.15) is 5.75 Å². The molecule has 0 atom stereocenters. The molecule has 1 aliphatic rings. The van der Waals surface area contributed by atoms with Gasteiger partial charge in [-0.1, -0.05) is 19.9 Å². The highest BCUT2D eigenvalue weighted by atomic mass is 16.5. The highest BCUT2D eigenvalue weighted by Gasteiger charge is 2.13. The van der Waals surface area contributed by atoms with Gasteiger partial charge in [-0.25, -0.2) is 0 Å². The molecule has 1 aromatic rings. The number of ether oxygens (including phenoxy) is 1. The number of hydrogen-bond donors (Lipinski definition) is 1. The summed E-state index contributed by atoms with van der Waals surface area (Å²) in [6.07, 6.45) is 1.13. The molecule has 3 nitrogen and oxygen atoms in total. The van der Waals surface area contributed by atoms with E-state index in [1.165, 1.54) is 29.8 Å². The normalized spacial score (nSPS) is 16.6. The van der Waals surface area contributed by atoms with Crippen LogP contribution in [0.25, 0.3) is 0 Å². The van der Waals surface area contributed by atoms with Crippen LogP contribution in [0.2, 0.25) is 0 Å². The van der Waals surface area contributed by atoms with E-state index in [1.54, 1.807) is 7.11 Å². The first-order valence-electron chi connectivity index (χ1n) is 7.72. The van der Waals surface area contributed by atoms with Crippen molar-refractivity contribution in [3.05, 3.63) is 28.8 Å². The van der Waals surface area contributed by atoms with Gasteiger partial charge in [0, 0.05) is 32.7 Å². The summed E-state index contributed by atoms with van der Waals surface area (Å²) in [6, 6.07) is 4.55. The van der Waals surface area contributed by atoms with Crippen LogP contribution in [0.4, 0.5) is 0 Å². The summed E-state index contributed by atoms with van der Waals surface area (Å²) >= 11 is 0. The summed E-state index contributed by atoms with van der Waals surface area (Å²) in [5.41, 5.74) is 4.14. The van der Waals surface area contributed by atoms with Gasteiger partial charge in [-0.15, -0.1) is 0 Å². The minimum Gasteiger partial charge on any atom is -0.496 e. The average molecular weight is 276 g/mol. The monoisotopic (exact) mass is 276 g/mol. The number of hydrogen-bond acceptors (Lipinski definition) is 3. The number of benzene rings is 1.